The number of rotatable bonds is 12. The molecule has 1 aliphatic rings. The smallest absolute Gasteiger partial charge is 0.261 e. The summed E-state index contributed by atoms with van der Waals surface area (Å²) < 4.78 is 6.05. The van der Waals surface area contributed by atoms with Crippen molar-refractivity contribution in [2.24, 2.45) is 0 Å². The first-order chi connectivity index (χ1) is 17.0. The molecular weight excluding hydrogens is 436 g/mol. The number of nitrogens with one attached hydrogen (secondary N) is 1. The number of aromatic nitrogens is 1. The molecule has 0 saturated carbocycles. The third-order valence-electron chi connectivity index (χ3n) is 7.77. The lowest BCUT2D eigenvalue weighted by molar-refractivity contribution is 0.0649. The molecule has 0 atom stereocenters. The summed E-state index contributed by atoms with van der Waals surface area (Å²) in [6.07, 6.45) is 7.13. The number of carbonyl (C=O) groups is 2. The number of amides is 2. The number of hydrogen-bond acceptors (Lipinski definition) is 3. The van der Waals surface area contributed by atoms with Crippen molar-refractivity contribution in [3.05, 3.63) is 64.8 Å². The second kappa shape index (κ2) is 10.7. The van der Waals surface area contributed by atoms with Crippen LogP contribution in [0.3, 0.4) is 0 Å². The molecule has 2 aromatic carbocycles. The first-order valence-electron chi connectivity index (χ1n) is 13.2. The largest absolute Gasteiger partial charge is 0.494 e. The summed E-state index contributed by atoms with van der Waals surface area (Å²) in [5.74, 6) is 0.469. The zero-order valence-electron chi connectivity index (χ0n) is 21.6. The first kappa shape index (κ1) is 25.0. The summed E-state index contributed by atoms with van der Waals surface area (Å²) in [7, 11) is 0. The van der Waals surface area contributed by atoms with Gasteiger partial charge in [-0.1, -0.05) is 46.2 Å². The second-order valence-electron chi connectivity index (χ2n) is 9.64. The minimum absolute atomic E-state index is 0.190. The van der Waals surface area contributed by atoms with Gasteiger partial charge in [0.2, 0.25) is 0 Å². The van der Waals surface area contributed by atoms with Crippen molar-refractivity contribution in [3.63, 3.8) is 0 Å². The number of carbonyl (C=O) groups excluding carboxylic acids is 2. The molecular formula is C30H38N2O3. The molecule has 1 aliphatic heterocycles. The highest BCUT2D eigenvalue weighted by molar-refractivity contribution is 6.21. The number of ether oxygens (including phenoxy) is 1. The number of hydrogen-bond donors (Lipinski definition) is 1. The molecule has 0 radical (unpaired) electrons. The number of H-pyrrole nitrogens is 1. The molecule has 0 fully saturated rings. The van der Waals surface area contributed by atoms with Crippen molar-refractivity contribution in [2.45, 2.75) is 78.1 Å². The van der Waals surface area contributed by atoms with Crippen molar-refractivity contribution in [1.29, 1.82) is 0 Å². The number of aromatic amines is 1. The quantitative estimate of drug-likeness (QED) is 0.226. The minimum Gasteiger partial charge on any atom is -0.494 e. The van der Waals surface area contributed by atoms with E-state index in [1.54, 1.807) is 24.3 Å². The normalized spacial score (nSPS) is 13.7. The maximum absolute atomic E-state index is 12.5. The van der Waals surface area contributed by atoms with Crippen LogP contribution >= 0.6 is 0 Å². The number of aryl methyl sites for hydroxylation is 1. The molecule has 0 spiro atoms. The van der Waals surface area contributed by atoms with Gasteiger partial charge in [-0.25, -0.2) is 0 Å². The van der Waals surface area contributed by atoms with Crippen molar-refractivity contribution in [1.82, 2.24) is 9.88 Å². The van der Waals surface area contributed by atoms with E-state index in [1.165, 1.54) is 34.4 Å². The molecule has 5 nitrogen and oxygen atoms in total. The predicted molar refractivity (Wildman–Crippen MR) is 141 cm³/mol. The Balaban J connectivity index is 1.38. The number of benzene rings is 2. The van der Waals surface area contributed by atoms with Crippen LogP contribution in [0.2, 0.25) is 0 Å². The van der Waals surface area contributed by atoms with Crippen molar-refractivity contribution in [2.75, 3.05) is 13.2 Å². The Kier molecular flexibility index (Phi) is 7.63. The van der Waals surface area contributed by atoms with Gasteiger partial charge in [-0.3, -0.25) is 14.5 Å². The lowest BCUT2D eigenvalue weighted by Gasteiger charge is -2.32. The van der Waals surface area contributed by atoms with E-state index in [1.807, 2.05) is 0 Å². The van der Waals surface area contributed by atoms with Gasteiger partial charge in [0.05, 0.1) is 17.7 Å². The average Bonchev–Trinajstić information content (AvgIpc) is 3.37. The Labute approximate surface area is 208 Å². The summed E-state index contributed by atoms with van der Waals surface area (Å²) >= 11 is 0. The van der Waals surface area contributed by atoms with Gasteiger partial charge in [-0.05, 0) is 68.4 Å². The number of imide groups is 1. The maximum atomic E-state index is 12.5. The van der Waals surface area contributed by atoms with Gasteiger partial charge >= 0.3 is 0 Å². The van der Waals surface area contributed by atoms with Gasteiger partial charge in [0.25, 0.3) is 11.8 Å². The van der Waals surface area contributed by atoms with Gasteiger partial charge in [0.15, 0.2) is 0 Å². The lowest BCUT2D eigenvalue weighted by atomic mass is 9.74. The monoisotopic (exact) mass is 474 g/mol. The van der Waals surface area contributed by atoms with E-state index in [2.05, 4.69) is 50.9 Å². The average molecular weight is 475 g/mol. The fraction of sp³-hybridized carbons (Fsp3) is 0.467. The molecule has 186 valence electrons. The van der Waals surface area contributed by atoms with Crippen LogP contribution < -0.4 is 4.74 Å². The van der Waals surface area contributed by atoms with Crippen molar-refractivity contribution in [3.8, 4) is 5.75 Å². The zero-order chi connectivity index (χ0) is 25.0. The van der Waals surface area contributed by atoms with Gasteiger partial charge in [0.1, 0.15) is 5.75 Å². The lowest BCUT2D eigenvalue weighted by Crippen LogP contribution is -2.30. The Morgan fingerprint density at radius 1 is 0.914 bits per heavy atom. The van der Waals surface area contributed by atoms with E-state index >= 15 is 0 Å². The fourth-order valence-corrected chi connectivity index (χ4v) is 5.71. The topological polar surface area (TPSA) is 62.4 Å². The van der Waals surface area contributed by atoms with Crippen molar-refractivity contribution >= 4 is 22.7 Å². The number of fused-ring (bicyclic) bond motifs is 2. The molecule has 2 amide bonds. The third-order valence-corrected chi connectivity index (χ3v) is 7.77. The highest BCUT2D eigenvalue weighted by Gasteiger charge is 2.34. The van der Waals surface area contributed by atoms with E-state index < -0.39 is 0 Å². The Bertz CT molecular complexity index is 1170. The van der Waals surface area contributed by atoms with E-state index in [4.69, 9.17) is 4.74 Å². The molecule has 35 heavy (non-hydrogen) atoms. The van der Waals surface area contributed by atoms with Gasteiger partial charge in [-0.15, -0.1) is 0 Å². The van der Waals surface area contributed by atoms with Crippen LogP contribution in [0.25, 0.3) is 10.9 Å². The second-order valence-corrected chi connectivity index (χ2v) is 9.64. The van der Waals surface area contributed by atoms with Crippen LogP contribution in [0.15, 0.2) is 42.5 Å². The molecule has 1 N–H and O–H groups in total. The minimum atomic E-state index is -0.190. The van der Waals surface area contributed by atoms with E-state index in [0.717, 1.165) is 36.9 Å². The predicted octanol–water partition coefficient (Wildman–Crippen LogP) is 7.04. The standard InChI is InChI=1S/C30H38N2O3/c1-5-17-30(7-3,8-4)27-22(6-2)23-16-15-21(20-26(23)31-27)35-19-12-11-18-32-28(33)24-13-9-10-14-25(24)29(32)34/h9-10,13-16,20,31H,5-8,11-12,17-19H2,1-4H3. The molecule has 1 aromatic heterocycles. The summed E-state index contributed by atoms with van der Waals surface area (Å²) in [5, 5.41) is 1.29. The van der Waals surface area contributed by atoms with E-state index in [0.29, 0.717) is 30.7 Å². The van der Waals surface area contributed by atoms with Crippen molar-refractivity contribution < 1.29 is 14.3 Å². The van der Waals surface area contributed by atoms with Crippen LogP contribution in [-0.2, 0) is 11.8 Å². The molecule has 3 aromatic rings. The van der Waals surface area contributed by atoms with Crippen LogP contribution in [0.1, 0.15) is 98.2 Å². The van der Waals surface area contributed by atoms with Crippen LogP contribution in [-0.4, -0.2) is 34.8 Å². The highest BCUT2D eigenvalue weighted by Crippen LogP contribution is 2.41. The Hall–Kier alpha value is -3.08. The molecule has 0 saturated heterocycles. The van der Waals surface area contributed by atoms with Gasteiger partial charge < -0.3 is 9.72 Å². The molecule has 0 bridgehead atoms. The number of unbranched alkanes of at least 4 members (excludes halogenated alkanes) is 1. The summed E-state index contributed by atoms with van der Waals surface area (Å²) in [5.41, 5.74) is 5.19. The summed E-state index contributed by atoms with van der Waals surface area (Å²) in [6.45, 7) is 10.1. The third kappa shape index (κ3) is 4.61. The maximum Gasteiger partial charge on any atom is 0.261 e. The Morgan fingerprint density at radius 3 is 2.20 bits per heavy atom. The molecule has 0 aliphatic carbocycles. The number of nitrogens with zero attached hydrogens (tertiary/aromatic N) is 1. The molecule has 2 heterocycles. The highest BCUT2D eigenvalue weighted by atomic mass is 16.5. The van der Waals surface area contributed by atoms with Crippen LogP contribution in [0.4, 0.5) is 0 Å². The zero-order valence-corrected chi connectivity index (χ0v) is 21.6. The summed E-state index contributed by atoms with van der Waals surface area (Å²) in [4.78, 5) is 30.1. The van der Waals surface area contributed by atoms with E-state index in [9.17, 15) is 9.59 Å². The molecule has 4 rings (SSSR count). The first-order valence-corrected chi connectivity index (χ1v) is 13.2. The summed E-state index contributed by atoms with van der Waals surface area (Å²) in [6, 6.07) is 13.4. The van der Waals surface area contributed by atoms with E-state index in [-0.39, 0.29) is 17.2 Å². The molecule has 5 heteroatoms. The van der Waals surface area contributed by atoms with Crippen LogP contribution in [0.5, 0.6) is 5.75 Å². The Morgan fingerprint density at radius 2 is 1.60 bits per heavy atom. The fourth-order valence-electron chi connectivity index (χ4n) is 5.71. The van der Waals surface area contributed by atoms with Gasteiger partial charge in [0, 0.05) is 34.6 Å². The SMILES string of the molecule is CCCC(CC)(CC)c1[nH]c2cc(OCCCCN3C(=O)c4ccccc4C3=O)ccc2c1CC. The molecule has 0 unspecified atom stereocenters. The van der Waals surface area contributed by atoms with Gasteiger partial charge in [-0.2, -0.15) is 0 Å². The van der Waals surface area contributed by atoms with Crippen LogP contribution in [0, 0.1) is 0 Å².